The van der Waals surface area contributed by atoms with E-state index in [1.54, 1.807) is 31.4 Å². The Morgan fingerprint density at radius 3 is 2.40 bits per heavy atom. The van der Waals surface area contributed by atoms with Gasteiger partial charge in [0.1, 0.15) is 5.75 Å². The van der Waals surface area contributed by atoms with Gasteiger partial charge >= 0.3 is 0 Å². The molecule has 1 aromatic rings. The summed E-state index contributed by atoms with van der Waals surface area (Å²) in [4.78, 5) is 23.2. The minimum atomic E-state index is -0.0621. The molecule has 20 heavy (non-hydrogen) atoms. The van der Waals surface area contributed by atoms with E-state index in [1.165, 1.54) is 0 Å². The molecule has 0 aromatic heterocycles. The van der Waals surface area contributed by atoms with Crippen molar-refractivity contribution in [2.45, 2.75) is 19.3 Å². The molecule has 0 fully saturated rings. The Kier molecular flexibility index (Phi) is 9.41. The Hall–Kier alpha value is -1.59. The Morgan fingerprint density at radius 2 is 1.85 bits per heavy atom. The highest BCUT2D eigenvalue weighted by atomic mass is 35.5. The van der Waals surface area contributed by atoms with Gasteiger partial charge < -0.3 is 15.8 Å². The van der Waals surface area contributed by atoms with Crippen LogP contribution in [0.2, 0.25) is 0 Å². The highest BCUT2D eigenvalue weighted by Crippen LogP contribution is 2.13. The molecule has 5 nitrogen and oxygen atoms in total. The minimum absolute atomic E-state index is 0. The molecule has 0 heterocycles. The molecule has 0 aliphatic heterocycles. The Bertz CT molecular complexity index is 421. The van der Waals surface area contributed by atoms with Crippen molar-refractivity contribution in [1.82, 2.24) is 5.32 Å². The quantitative estimate of drug-likeness (QED) is 0.714. The summed E-state index contributed by atoms with van der Waals surface area (Å²) in [7, 11) is 1.58. The number of ketones is 1. The summed E-state index contributed by atoms with van der Waals surface area (Å²) in [5.74, 6) is 0.694. The maximum absolute atomic E-state index is 11.8. The van der Waals surface area contributed by atoms with Gasteiger partial charge in [-0.05, 0) is 30.7 Å². The summed E-state index contributed by atoms with van der Waals surface area (Å²) in [6, 6.07) is 6.97. The van der Waals surface area contributed by atoms with Crippen LogP contribution < -0.4 is 15.8 Å². The van der Waals surface area contributed by atoms with Crippen molar-refractivity contribution in [3.05, 3.63) is 29.8 Å². The molecule has 0 spiro atoms. The number of carbonyl (C=O) groups excluding carboxylic acids is 2. The van der Waals surface area contributed by atoms with Crippen LogP contribution in [0.4, 0.5) is 0 Å². The van der Waals surface area contributed by atoms with Crippen molar-refractivity contribution in [1.29, 1.82) is 0 Å². The van der Waals surface area contributed by atoms with Crippen LogP contribution in [0.25, 0.3) is 0 Å². The monoisotopic (exact) mass is 300 g/mol. The summed E-state index contributed by atoms with van der Waals surface area (Å²) in [5, 5.41) is 2.67. The van der Waals surface area contributed by atoms with Crippen molar-refractivity contribution >= 4 is 24.1 Å². The van der Waals surface area contributed by atoms with Gasteiger partial charge in [-0.1, -0.05) is 0 Å². The second-order valence-corrected chi connectivity index (χ2v) is 4.14. The fraction of sp³-hybridized carbons (Fsp3) is 0.429. The molecule has 0 atom stereocenters. The predicted octanol–water partition coefficient (Wildman–Crippen LogP) is 1.54. The molecule has 1 amide bonds. The molecule has 0 unspecified atom stereocenters. The average molecular weight is 301 g/mol. The molecule has 1 rings (SSSR count). The van der Waals surface area contributed by atoms with Crippen molar-refractivity contribution < 1.29 is 14.3 Å². The number of ether oxygens (including phenoxy) is 1. The zero-order valence-corrected chi connectivity index (χ0v) is 12.4. The lowest BCUT2D eigenvalue weighted by molar-refractivity contribution is -0.121. The van der Waals surface area contributed by atoms with Gasteiger partial charge in [0.15, 0.2) is 5.78 Å². The average Bonchev–Trinajstić information content (AvgIpc) is 2.45. The van der Waals surface area contributed by atoms with Crippen LogP contribution in [0, 0.1) is 0 Å². The lowest BCUT2D eigenvalue weighted by atomic mass is 10.1. The number of benzene rings is 1. The number of halogens is 1. The fourth-order valence-electron chi connectivity index (χ4n) is 1.63. The van der Waals surface area contributed by atoms with Gasteiger partial charge in [0.05, 0.1) is 7.11 Å². The van der Waals surface area contributed by atoms with Crippen molar-refractivity contribution in [3.63, 3.8) is 0 Å². The van der Waals surface area contributed by atoms with E-state index in [-0.39, 0.29) is 24.1 Å². The number of carbonyl (C=O) groups is 2. The van der Waals surface area contributed by atoms with Crippen molar-refractivity contribution in [2.24, 2.45) is 5.73 Å². The Morgan fingerprint density at radius 1 is 1.20 bits per heavy atom. The smallest absolute Gasteiger partial charge is 0.220 e. The molecular weight excluding hydrogens is 280 g/mol. The van der Waals surface area contributed by atoms with Gasteiger partial charge in [0.2, 0.25) is 5.91 Å². The molecule has 0 saturated heterocycles. The standard InChI is InChI=1S/C14H20N2O3.ClH/c1-19-12-7-5-11(6-8-12)13(17)3-2-4-14(18)16-10-9-15;/h5-8H,2-4,9-10,15H2,1H3,(H,16,18);1H. The Labute approximate surface area is 125 Å². The van der Waals surface area contributed by atoms with Crippen LogP contribution in [0.3, 0.4) is 0 Å². The zero-order valence-electron chi connectivity index (χ0n) is 11.6. The summed E-state index contributed by atoms with van der Waals surface area (Å²) in [6.07, 6.45) is 1.26. The number of amides is 1. The molecule has 3 N–H and O–H groups in total. The highest BCUT2D eigenvalue weighted by Gasteiger charge is 2.07. The third kappa shape index (κ3) is 6.54. The van der Waals surface area contributed by atoms with E-state index in [0.717, 1.165) is 5.75 Å². The van der Waals surface area contributed by atoms with Crippen LogP contribution in [0.15, 0.2) is 24.3 Å². The molecular formula is C14H21ClN2O3. The summed E-state index contributed by atoms with van der Waals surface area (Å²) < 4.78 is 5.02. The molecule has 1 aromatic carbocycles. The lowest BCUT2D eigenvalue weighted by Crippen LogP contribution is -2.28. The Balaban J connectivity index is 0.00000361. The zero-order chi connectivity index (χ0) is 14.1. The van der Waals surface area contributed by atoms with Crippen molar-refractivity contribution in [2.75, 3.05) is 20.2 Å². The molecule has 0 saturated carbocycles. The first-order valence-electron chi connectivity index (χ1n) is 6.31. The topological polar surface area (TPSA) is 81.4 Å². The summed E-state index contributed by atoms with van der Waals surface area (Å²) in [5.41, 5.74) is 5.92. The van der Waals surface area contributed by atoms with Gasteiger partial charge in [-0.25, -0.2) is 0 Å². The molecule has 6 heteroatoms. The number of nitrogens with one attached hydrogen (secondary N) is 1. The normalized spacial score (nSPS) is 9.50. The predicted molar refractivity (Wildman–Crippen MR) is 80.5 cm³/mol. The van der Waals surface area contributed by atoms with Gasteiger partial charge in [-0.3, -0.25) is 9.59 Å². The molecule has 0 aliphatic carbocycles. The van der Waals surface area contributed by atoms with Gasteiger partial charge in [0, 0.05) is 31.5 Å². The maximum atomic E-state index is 11.8. The number of hydrogen-bond acceptors (Lipinski definition) is 4. The summed E-state index contributed by atoms with van der Waals surface area (Å²) >= 11 is 0. The minimum Gasteiger partial charge on any atom is -0.497 e. The van der Waals surface area contributed by atoms with E-state index in [9.17, 15) is 9.59 Å². The summed E-state index contributed by atoms with van der Waals surface area (Å²) in [6.45, 7) is 0.905. The first-order valence-corrected chi connectivity index (χ1v) is 6.31. The first kappa shape index (κ1) is 18.4. The number of Topliss-reactive ketones (excluding diaryl/α,β-unsaturated/α-hetero) is 1. The van der Waals surface area contributed by atoms with Gasteiger partial charge in [-0.15, -0.1) is 12.4 Å². The van der Waals surface area contributed by atoms with E-state index in [0.29, 0.717) is 37.9 Å². The van der Waals surface area contributed by atoms with E-state index in [4.69, 9.17) is 10.5 Å². The highest BCUT2D eigenvalue weighted by molar-refractivity contribution is 5.96. The first-order chi connectivity index (χ1) is 9.17. The fourth-order valence-corrected chi connectivity index (χ4v) is 1.63. The second kappa shape index (κ2) is 10.2. The number of methoxy groups -OCH3 is 1. The van der Waals surface area contributed by atoms with Crippen molar-refractivity contribution in [3.8, 4) is 5.75 Å². The van der Waals surface area contributed by atoms with Crippen LogP contribution in [0.5, 0.6) is 5.75 Å². The SMILES string of the molecule is COc1ccc(C(=O)CCCC(=O)NCCN)cc1.Cl. The molecule has 0 aliphatic rings. The van der Waals surface area contributed by atoms with E-state index in [1.807, 2.05) is 0 Å². The number of hydrogen-bond donors (Lipinski definition) is 2. The third-order valence-corrected chi connectivity index (χ3v) is 2.69. The second-order valence-electron chi connectivity index (χ2n) is 4.14. The number of rotatable bonds is 8. The van der Waals surface area contributed by atoms with E-state index >= 15 is 0 Å². The lowest BCUT2D eigenvalue weighted by Gasteiger charge is -2.04. The van der Waals surface area contributed by atoms with E-state index in [2.05, 4.69) is 5.32 Å². The largest absolute Gasteiger partial charge is 0.497 e. The van der Waals surface area contributed by atoms with Gasteiger partial charge in [-0.2, -0.15) is 0 Å². The van der Waals surface area contributed by atoms with Crippen LogP contribution in [0.1, 0.15) is 29.6 Å². The van der Waals surface area contributed by atoms with E-state index < -0.39 is 0 Å². The maximum Gasteiger partial charge on any atom is 0.220 e. The molecule has 112 valence electrons. The van der Waals surface area contributed by atoms with Crippen LogP contribution >= 0.6 is 12.4 Å². The van der Waals surface area contributed by atoms with Gasteiger partial charge in [0.25, 0.3) is 0 Å². The van der Waals surface area contributed by atoms with Crippen LogP contribution in [-0.4, -0.2) is 31.9 Å². The molecule has 0 bridgehead atoms. The van der Waals surface area contributed by atoms with Crippen LogP contribution in [-0.2, 0) is 4.79 Å². The number of nitrogens with two attached hydrogens (primary N) is 1. The third-order valence-electron chi connectivity index (χ3n) is 2.69. The molecule has 0 radical (unpaired) electrons.